The highest BCUT2D eigenvalue weighted by Crippen LogP contribution is 2.26. The Bertz CT molecular complexity index is 1100. The second-order valence-electron chi connectivity index (χ2n) is 4.89. The van der Waals surface area contributed by atoms with E-state index in [0.29, 0.717) is 5.52 Å². The molecule has 0 saturated heterocycles. The maximum atomic E-state index is 11.6. The highest BCUT2D eigenvalue weighted by Gasteiger charge is 2.22. The van der Waals surface area contributed by atoms with Crippen molar-refractivity contribution in [2.24, 2.45) is 0 Å². The van der Waals surface area contributed by atoms with E-state index in [2.05, 4.69) is 20.1 Å². The number of aromatic carboxylic acids is 1. The zero-order valence-corrected chi connectivity index (χ0v) is 11.4. The summed E-state index contributed by atoms with van der Waals surface area (Å²) in [5.41, 5.74) is 0.473. The molecular weight excluding hydrogens is 302 g/mol. The number of imidazole rings is 1. The van der Waals surface area contributed by atoms with Gasteiger partial charge in [-0.2, -0.15) is 9.78 Å². The molecule has 9 nitrogen and oxygen atoms in total. The van der Waals surface area contributed by atoms with Crippen LogP contribution in [0.1, 0.15) is 10.5 Å². The van der Waals surface area contributed by atoms with Gasteiger partial charge in [0.1, 0.15) is 5.75 Å². The Kier molecular flexibility index (Phi) is 2.52. The standard InChI is InChI=1S/C14H9N5O4/c20-8-5-9(21)17-12-10(8)11(13(22)23)18-19(12)14-15-6-3-1-2-4-7(6)16-14/h1-5H,(H,15,16)(H,22,23)(H2,17,20,21). The molecule has 0 radical (unpaired) electrons. The highest BCUT2D eigenvalue weighted by molar-refractivity contribution is 6.03. The van der Waals surface area contributed by atoms with Crippen molar-refractivity contribution in [2.75, 3.05) is 0 Å². The van der Waals surface area contributed by atoms with Crippen molar-refractivity contribution in [3.05, 3.63) is 46.4 Å². The molecule has 3 heterocycles. The van der Waals surface area contributed by atoms with Crippen LogP contribution in [0.25, 0.3) is 28.0 Å². The van der Waals surface area contributed by atoms with Gasteiger partial charge in [0.2, 0.25) is 5.95 Å². The van der Waals surface area contributed by atoms with Crippen molar-refractivity contribution in [1.82, 2.24) is 24.7 Å². The van der Waals surface area contributed by atoms with Gasteiger partial charge in [-0.3, -0.25) is 4.79 Å². The van der Waals surface area contributed by atoms with E-state index in [9.17, 15) is 19.8 Å². The van der Waals surface area contributed by atoms with E-state index in [0.717, 1.165) is 16.3 Å². The number of hydrogen-bond acceptors (Lipinski definition) is 5. The number of benzene rings is 1. The molecule has 0 saturated carbocycles. The van der Waals surface area contributed by atoms with Crippen LogP contribution in [-0.4, -0.2) is 40.9 Å². The molecule has 0 atom stereocenters. The molecule has 3 aromatic heterocycles. The number of aromatic amines is 2. The summed E-state index contributed by atoms with van der Waals surface area (Å²) in [7, 11) is 0. The number of nitrogens with zero attached hydrogens (tertiary/aromatic N) is 3. The SMILES string of the molecule is O=C(O)c1nn(-c2nc3ccccc3[nH]2)c2[nH]c(=O)cc(O)c12. The van der Waals surface area contributed by atoms with E-state index in [1.54, 1.807) is 12.1 Å². The first-order valence-corrected chi connectivity index (χ1v) is 6.58. The molecule has 0 aliphatic heterocycles. The average Bonchev–Trinajstić information content (AvgIpc) is 3.07. The fraction of sp³-hybridized carbons (Fsp3) is 0. The number of aromatic nitrogens is 5. The molecule has 4 aromatic rings. The molecule has 1 aromatic carbocycles. The number of para-hydroxylation sites is 2. The lowest BCUT2D eigenvalue weighted by Crippen LogP contribution is -2.07. The number of rotatable bonds is 2. The predicted octanol–water partition coefficient (Wildman–Crippen LogP) is 0.994. The van der Waals surface area contributed by atoms with Crippen LogP contribution >= 0.6 is 0 Å². The Morgan fingerprint density at radius 2 is 2.00 bits per heavy atom. The smallest absolute Gasteiger partial charge is 0.357 e. The van der Waals surface area contributed by atoms with Gasteiger partial charge >= 0.3 is 5.97 Å². The maximum Gasteiger partial charge on any atom is 0.357 e. The highest BCUT2D eigenvalue weighted by atomic mass is 16.4. The third-order valence-electron chi connectivity index (χ3n) is 3.43. The molecule has 0 spiro atoms. The minimum absolute atomic E-state index is 0.0476. The van der Waals surface area contributed by atoms with E-state index in [1.165, 1.54) is 0 Å². The van der Waals surface area contributed by atoms with Crippen LogP contribution in [0.5, 0.6) is 5.75 Å². The normalized spacial score (nSPS) is 11.3. The van der Waals surface area contributed by atoms with Gasteiger partial charge in [0.05, 0.1) is 16.4 Å². The van der Waals surface area contributed by atoms with Crippen LogP contribution in [0, 0.1) is 0 Å². The Hall–Kier alpha value is -3.62. The van der Waals surface area contributed by atoms with Crippen molar-refractivity contribution in [2.45, 2.75) is 0 Å². The Morgan fingerprint density at radius 3 is 2.74 bits per heavy atom. The van der Waals surface area contributed by atoms with Crippen molar-refractivity contribution in [3.63, 3.8) is 0 Å². The first-order chi connectivity index (χ1) is 11.0. The Labute approximate surface area is 126 Å². The molecule has 4 N–H and O–H groups in total. The van der Waals surface area contributed by atoms with Crippen LogP contribution in [0.4, 0.5) is 0 Å². The first kappa shape index (κ1) is 13.1. The fourth-order valence-electron chi connectivity index (χ4n) is 2.47. The quantitative estimate of drug-likeness (QED) is 0.436. The largest absolute Gasteiger partial charge is 0.507 e. The molecule has 0 amide bonds. The molecule has 114 valence electrons. The van der Waals surface area contributed by atoms with Crippen molar-refractivity contribution in [1.29, 1.82) is 0 Å². The topological polar surface area (TPSA) is 137 Å². The van der Waals surface area contributed by atoms with Crippen LogP contribution in [0.2, 0.25) is 0 Å². The molecule has 23 heavy (non-hydrogen) atoms. The number of aromatic hydroxyl groups is 1. The molecule has 0 fully saturated rings. The summed E-state index contributed by atoms with van der Waals surface area (Å²) >= 11 is 0. The number of pyridine rings is 1. The van der Waals surface area contributed by atoms with Crippen molar-refractivity contribution in [3.8, 4) is 11.7 Å². The summed E-state index contributed by atoms with van der Waals surface area (Å²) in [5.74, 6) is -1.55. The molecule has 0 bridgehead atoms. The lowest BCUT2D eigenvalue weighted by atomic mass is 10.2. The second-order valence-corrected chi connectivity index (χ2v) is 4.89. The summed E-state index contributed by atoms with van der Waals surface area (Å²) in [6.45, 7) is 0. The summed E-state index contributed by atoms with van der Waals surface area (Å²) in [6.07, 6.45) is 0. The number of carbonyl (C=O) groups is 1. The number of H-pyrrole nitrogens is 2. The minimum atomic E-state index is -1.33. The molecule has 0 aliphatic carbocycles. The summed E-state index contributed by atoms with van der Waals surface area (Å²) in [6, 6.07) is 8.11. The summed E-state index contributed by atoms with van der Waals surface area (Å²) < 4.78 is 1.15. The van der Waals surface area contributed by atoms with Crippen LogP contribution in [-0.2, 0) is 0 Å². The minimum Gasteiger partial charge on any atom is -0.507 e. The number of nitrogens with one attached hydrogen (secondary N) is 2. The van der Waals surface area contributed by atoms with Crippen molar-refractivity contribution >= 4 is 28.0 Å². The lowest BCUT2D eigenvalue weighted by Gasteiger charge is -1.98. The van der Waals surface area contributed by atoms with Crippen molar-refractivity contribution < 1.29 is 15.0 Å². The second kappa shape index (κ2) is 4.44. The van der Waals surface area contributed by atoms with Gasteiger partial charge in [0.25, 0.3) is 5.56 Å². The Balaban J connectivity index is 2.10. The van der Waals surface area contributed by atoms with E-state index >= 15 is 0 Å². The molecule has 0 aliphatic rings. The molecular formula is C14H9N5O4. The molecule has 0 unspecified atom stereocenters. The third kappa shape index (κ3) is 1.87. The predicted molar refractivity (Wildman–Crippen MR) is 80.0 cm³/mol. The summed E-state index contributed by atoms with van der Waals surface area (Å²) in [5, 5.41) is 23.1. The van der Waals surface area contributed by atoms with Crippen LogP contribution < -0.4 is 5.56 Å². The van der Waals surface area contributed by atoms with Crippen LogP contribution in [0.15, 0.2) is 35.1 Å². The number of hydrogen-bond donors (Lipinski definition) is 4. The summed E-state index contributed by atoms with van der Waals surface area (Å²) in [4.78, 5) is 32.7. The molecule has 9 heteroatoms. The van der Waals surface area contributed by atoms with E-state index < -0.39 is 17.3 Å². The van der Waals surface area contributed by atoms with E-state index in [-0.39, 0.29) is 22.7 Å². The maximum absolute atomic E-state index is 11.6. The third-order valence-corrected chi connectivity index (χ3v) is 3.43. The lowest BCUT2D eigenvalue weighted by molar-refractivity contribution is 0.0691. The monoisotopic (exact) mass is 311 g/mol. The number of carboxylic acid groups (broad SMARTS) is 1. The van der Waals surface area contributed by atoms with Gasteiger partial charge in [0, 0.05) is 6.07 Å². The first-order valence-electron chi connectivity index (χ1n) is 6.58. The van der Waals surface area contributed by atoms with E-state index in [1.807, 2.05) is 12.1 Å². The number of carboxylic acids is 1. The molecule has 4 rings (SSSR count). The van der Waals surface area contributed by atoms with Gasteiger partial charge in [-0.15, -0.1) is 0 Å². The van der Waals surface area contributed by atoms with Crippen LogP contribution in [0.3, 0.4) is 0 Å². The zero-order valence-electron chi connectivity index (χ0n) is 11.4. The zero-order chi connectivity index (χ0) is 16.1. The Morgan fingerprint density at radius 1 is 1.22 bits per heavy atom. The van der Waals surface area contributed by atoms with Gasteiger partial charge in [-0.25, -0.2) is 9.78 Å². The van der Waals surface area contributed by atoms with Gasteiger partial charge in [-0.1, -0.05) is 12.1 Å². The average molecular weight is 311 g/mol. The van der Waals surface area contributed by atoms with Gasteiger partial charge < -0.3 is 20.2 Å². The van der Waals surface area contributed by atoms with Gasteiger partial charge in [0.15, 0.2) is 11.3 Å². The number of fused-ring (bicyclic) bond motifs is 2. The fourth-order valence-corrected chi connectivity index (χ4v) is 2.47. The van der Waals surface area contributed by atoms with Gasteiger partial charge in [-0.05, 0) is 12.1 Å². The van der Waals surface area contributed by atoms with E-state index in [4.69, 9.17) is 0 Å².